The average Bonchev–Trinajstić information content (AvgIpc) is 3.43. The third-order valence-corrected chi connectivity index (χ3v) is 7.41. The first-order valence-corrected chi connectivity index (χ1v) is 12.2. The molecular weight excluding hydrogens is 404 g/mol. The topological polar surface area (TPSA) is 87.1 Å². The van der Waals surface area contributed by atoms with E-state index in [1.54, 1.807) is 0 Å². The minimum atomic E-state index is -0.186. The van der Waals surface area contributed by atoms with Gasteiger partial charge < -0.3 is 9.88 Å². The number of carbonyl (C=O) groups is 1. The number of hydrogen-bond acceptors (Lipinski definition) is 5. The maximum atomic E-state index is 13.8. The first-order chi connectivity index (χ1) is 15.5. The van der Waals surface area contributed by atoms with Crippen LogP contribution in [0.2, 0.25) is 0 Å². The van der Waals surface area contributed by atoms with E-state index in [4.69, 9.17) is 10.1 Å². The molecule has 1 saturated heterocycles. The quantitative estimate of drug-likeness (QED) is 0.793. The lowest BCUT2D eigenvalue weighted by molar-refractivity contribution is 0.0715. The highest BCUT2D eigenvalue weighted by atomic mass is 16.2. The number of fused-ring (bicyclic) bond motifs is 2. The van der Waals surface area contributed by atoms with Gasteiger partial charge >= 0.3 is 0 Å². The van der Waals surface area contributed by atoms with Crippen LogP contribution in [0.4, 0.5) is 0 Å². The Morgan fingerprint density at radius 1 is 1.09 bits per heavy atom. The fourth-order valence-corrected chi connectivity index (χ4v) is 5.58. The third kappa shape index (κ3) is 3.58. The van der Waals surface area contributed by atoms with E-state index in [0.29, 0.717) is 31.5 Å². The normalized spacial score (nSPS) is 21.1. The molecule has 1 aliphatic carbocycles. The molecule has 1 amide bonds. The van der Waals surface area contributed by atoms with Crippen LogP contribution < -0.4 is 5.56 Å². The molecule has 1 fully saturated rings. The van der Waals surface area contributed by atoms with Crippen LogP contribution in [0.5, 0.6) is 0 Å². The zero-order valence-electron chi connectivity index (χ0n) is 19.5. The summed E-state index contributed by atoms with van der Waals surface area (Å²) in [6, 6.07) is 0.229. The molecule has 4 heterocycles. The minimum absolute atomic E-state index is 0.0363. The second kappa shape index (κ2) is 8.46. The van der Waals surface area contributed by atoms with Crippen LogP contribution in [0.1, 0.15) is 91.3 Å². The van der Waals surface area contributed by atoms with Crippen LogP contribution in [0.3, 0.4) is 0 Å². The number of aryl methyl sites for hydroxylation is 2. The monoisotopic (exact) mass is 438 g/mol. The Morgan fingerprint density at radius 2 is 1.91 bits per heavy atom. The van der Waals surface area contributed by atoms with Crippen molar-refractivity contribution in [3.05, 3.63) is 44.4 Å². The van der Waals surface area contributed by atoms with E-state index in [0.717, 1.165) is 79.7 Å². The Morgan fingerprint density at radius 3 is 2.69 bits per heavy atom. The van der Waals surface area contributed by atoms with Crippen molar-refractivity contribution >= 4 is 5.91 Å². The van der Waals surface area contributed by atoms with Crippen LogP contribution in [0.15, 0.2) is 4.79 Å². The predicted octanol–water partition coefficient (Wildman–Crippen LogP) is 2.61. The molecule has 32 heavy (non-hydrogen) atoms. The molecule has 2 aromatic rings. The van der Waals surface area contributed by atoms with Crippen molar-refractivity contribution in [3.8, 4) is 0 Å². The van der Waals surface area contributed by atoms with Crippen LogP contribution >= 0.6 is 0 Å². The first-order valence-electron chi connectivity index (χ1n) is 12.2. The second-order valence-corrected chi connectivity index (χ2v) is 9.64. The standard InChI is InChI=1S/C24H34N6O2/c1-4-30-21(16-8-5-6-9-18(16)27-30)24(32)29-12-7-10-20(29)22-25-19-14-28(15(2)3)13-11-17(19)23(31)26-22/h15,20H,4-14H2,1-3H3,(H,25,26,31)/t20-/m0/s1. The Labute approximate surface area is 189 Å². The summed E-state index contributed by atoms with van der Waals surface area (Å²) in [5, 5.41) is 4.75. The molecule has 2 aromatic heterocycles. The van der Waals surface area contributed by atoms with E-state index in [1.807, 2.05) is 16.5 Å². The summed E-state index contributed by atoms with van der Waals surface area (Å²) in [4.78, 5) is 38.9. The van der Waals surface area contributed by atoms with Crippen molar-refractivity contribution < 1.29 is 4.79 Å². The largest absolute Gasteiger partial charge is 0.327 e. The number of H-pyrrole nitrogens is 1. The molecule has 0 spiro atoms. The number of nitrogens with zero attached hydrogens (tertiary/aromatic N) is 5. The Hall–Kier alpha value is -2.48. The third-order valence-electron chi connectivity index (χ3n) is 7.41. The van der Waals surface area contributed by atoms with E-state index in [2.05, 4.69) is 23.7 Å². The van der Waals surface area contributed by atoms with Gasteiger partial charge in [0, 0.05) is 43.3 Å². The Bertz CT molecular complexity index is 1080. The summed E-state index contributed by atoms with van der Waals surface area (Å²) in [6.07, 6.45) is 6.60. The first kappa shape index (κ1) is 21.4. The SMILES string of the molecule is CCn1nc2c(c1C(=O)N1CCC[C@H]1c1nc3c(c(=O)[nH]1)CCN(C(C)C)C3)CCCC2. The van der Waals surface area contributed by atoms with Gasteiger partial charge in [0.15, 0.2) is 0 Å². The van der Waals surface area contributed by atoms with Crippen LogP contribution in [0, 0.1) is 0 Å². The number of amides is 1. The van der Waals surface area contributed by atoms with Crippen molar-refractivity contribution in [2.24, 2.45) is 0 Å². The molecule has 0 bridgehead atoms. The molecule has 3 aliphatic rings. The molecule has 0 aromatic carbocycles. The lowest BCUT2D eigenvalue weighted by Gasteiger charge is -2.31. The van der Waals surface area contributed by atoms with Gasteiger partial charge in [-0.15, -0.1) is 0 Å². The van der Waals surface area contributed by atoms with E-state index in [9.17, 15) is 9.59 Å². The zero-order valence-corrected chi connectivity index (χ0v) is 19.5. The van der Waals surface area contributed by atoms with Crippen molar-refractivity contribution in [3.63, 3.8) is 0 Å². The van der Waals surface area contributed by atoms with Crippen molar-refractivity contribution in [2.45, 2.75) is 90.9 Å². The smallest absolute Gasteiger partial charge is 0.273 e. The summed E-state index contributed by atoms with van der Waals surface area (Å²) in [7, 11) is 0. The summed E-state index contributed by atoms with van der Waals surface area (Å²) in [5.41, 5.74) is 4.61. The molecule has 1 atom stereocenters. The van der Waals surface area contributed by atoms with E-state index < -0.39 is 0 Å². The van der Waals surface area contributed by atoms with E-state index in [-0.39, 0.29) is 17.5 Å². The lowest BCUT2D eigenvalue weighted by Crippen LogP contribution is -2.40. The maximum absolute atomic E-state index is 13.8. The molecule has 8 heteroatoms. The summed E-state index contributed by atoms with van der Waals surface area (Å²) in [5.74, 6) is 0.677. The van der Waals surface area contributed by atoms with Crippen molar-refractivity contribution in [2.75, 3.05) is 13.1 Å². The average molecular weight is 439 g/mol. The van der Waals surface area contributed by atoms with Gasteiger partial charge in [0.1, 0.15) is 11.5 Å². The molecule has 5 rings (SSSR count). The molecule has 172 valence electrons. The Kier molecular flexibility index (Phi) is 5.65. The van der Waals surface area contributed by atoms with Crippen molar-refractivity contribution in [1.29, 1.82) is 0 Å². The summed E-state index contributed by atoms with van der Waals surface area (Å²) < 4.78 is 1.89. The van der Waals surface area contributed by atoms with E-state index in [1.165, 1.54) is 0 Å². The predicted molar refractivity (Wildman–Crippen MR) is 122 cm³/mol. The zero-order chi connectivity index (χ0) is 22.4. The van der Waals surface area contributed by atoms with Crippen LogP contribution in [0.25, 0.3) is 0 Å². The number of nitrogens with one attached hydrogen (secondary N) is 1. The van der Waals surface area contributed by atoms with Crippen LogP contribution in [-0.4, -0.2) is 54.6 Å². The number of rotatable bonds is 4. The number of carbonyl (C=O) groups excluding carboxylic acids is 1. The molecule has 1 N–H and O–H groups in total. The van der Waals surface area contributed by atoms with Gasteiger partial charge in [-0.1, -0.05) is 0 Å². The Balaban J connectivity index is 1.48. The second-order valence-electron chi connectivity index (χ2n) is 9.64. The van der Waals surface area contributed by atoms with Gasteiger partial charge in [0.05, 0.1) is 17.4 Å². The lowest BCUT2D eigenvalue weighted by atomic mass is 9.95. The number of likely N-dealkylation sites (tertiary alicyclic amines) is 1. The highest BCUT2D eigenvalue weighted by Gasteiger charge is 2.37. The summed E-state index contributed by atoms with van der Waals surface area (Å²) in [6.45, 7) is 9.34. The van der Waals surface area contributed by atoms with Gasteiger partial charge in [-0.05, 0) is 65.7 Å². The summed E-state index contributed by atoms with van der Waals surface area (Å²) >= 11 is 0. The fourth-order valence-electron chi connectivity index (χ4n) is 5.58. The fraction of sp³-hybridized carbons (Fsp3) is 0.667. The van der Waals surface area contributed by atoms with Gasteiger partial charge in [0.25, 0.3) is 11.5 Å². The highest BCUT2D eigenvalue weighted by molar-refractivity contribution is 5.95. The van der Waals surface area contributed by atoms with E-state index >= 15 is 0 Å². The maximum Gasteiger partial charge on any atom is 0.273 e. The highest BCUT2D eigenvalue weighted by Crippen LogP contribution is 2.34. The van der Waals surface area contributed by atoms with Crippen molar-refractivity contribution in [1.82, 2.24) is 29.5 Å². The van der Waals surface area contributed by atoms with Gasteiger partial charge in [-0.3, -0.25) is 19.2 Å². The molecular formula is C24H34N6O2. The van der Waals surface area contributed by atoms with Crippen LogP contribution in [-0.2, 0) is 32.4 Å². The van der Waals surface area contributed by atoms with Gasteiger partial charge in [-0.25, -0.2) is 4.98 Å². The minimum Gasteiger partial charge on any atom is -0.327 e. The number of aromatic nitrogens is 4. The van der Waals surface area contributed by atoms with Gasteiger partial charge in [0.2, 0.25) is 0 Å². The molecule has 0 unspecified atom stereocenters. The molecule has 0 saturated carbocycles. The van der Waals surface area contributed by atoms with Gasteiger partial charge in [-0.2, -0.15) is 5.10 Å². The molecule has 0 radical (unpaired) electrons. The molecule has 8 nitrogen and oxygen atoms in total. The number of aromatic amines is 1. The number of hydrogen-bond donors (Lipinski definition) is 1. The molecule has 2 aliphatic heterocycles.